The molecule has 8 heteroatoms. The van der Waals surface area contributed by atoms with E-state index < -0.39 is 17.3 Å². The molecule has 1 unspecified atom stereocenters. The van der Waals surface area contributed by atoms with Gasteiger partial charge in [0.05, 0.1) is 6.04 Å². The molecule has 0 saturated heterocycles. The van der Waals surface area contributed by atoms with Crippen molar-refractivity contribution in [1.29, 1.82) is 0 Å². The third kappa shape index (κ3) is 2.09. The van der Waals surface area contributed by atoms with Crippen LogP contribution in [0.1, 0.15) is 22.9 Å². The Balaban J connectivity index is 1.99. The van der Waals surface area contributed by atoms with Gasteiger partial charge in [0, 0.05) is 35.2 Å². The molecule has 0 radical (unpaired) electrons. The number of aromatic amines is 2. The van der Waals surface area contributed by atoms with Crippen molar-refractivity contribution in [2.75, 3.05) is 6.54 Å². The average Bonchev–Trinajstić information content (AvgIpc) is 2.92. The number of rotatable bonds is 1. The van der Waals surface area contributed by atoms with Gasteiger partial charge in [-0.3, -0.25) is 14.3 Å². The van der Waals surface area contributed by atoms with E-state index in [9.17, 15) is 14.7 Å². The van der Waals surface area contributed by atoms with Gasteiger partial charge in [-0.05, 0) is 30.2 Å². The van der Waals surface area contributed by atoms with Gasteiger partial charge in [0.25, 0.3) is 5.56 Å². The molecule has 0 bridgehead atoms. The molecule has 1 atom stereocenters. The highest BCUT2D eigenvalue weighted by Crippen LogP contribution is 2.35. The minimum Gasteiger partial charge on any atom is -0.494 e. The standard InChI is InChI=1S/C16H15ClN4O3/c1-21-15(23)11(14(22)20-16(21)24)13-12-8(4-5-18-13)9-6-7(17)2-3-10(9)19-12/h2-3,6,13,18-19,23H,4-5H2,1H3,(H,20,22,24). The Kier molecular flexibility index (Phi) is 3.29. The number of nitrogens with one attached hydrogen (secondary N) is 3. The molecule has 4 rings (SSSR count). The summed E-state index contributed by atoms with van der Waals surface area (Å²) in [6, 6.07) is 5.04. The number of nitrogens with zero attached hydrogens (tertiary/aromatic N) is 1. The molecule has 3 aromatic rings. The fourth-order valence-electron chi connectivity index (χ4n) is 3.33. The van der Waals surface area contributed by atoms with Crippen LogP contribution in [0.15, 0.2) is 27.8 Å². The third-order valence-corrected chi connectivity index (χ3v) is 4.77. The number of aromatic nitrogens is 3. The summed E-state index contributed by atoms with van der Waals surface area (Å²) in [7, 11) is 1.41. The highest BCUT2D eigenvalue weighted by molar-refractivity contribution is 6.31. The van der Waals surface area contributed by atoms with Crippen molar-refractivity contribution in [3.63, 3.8) is 0 Å². The first-order valence-corrected chi connectivity index (χ1v) is 7.90. The Morgan fingerprint density at radius 2 is 2.08 bits per heavy atom. The van der Waals surface area contributed by atoms with Crippen molar-refractivity contribution in [1.82, 2.24) is 19.9 Å². The molecule has 4 N–H and O–H groups in total. The summed E-state index contributed by atoms with van der Waals surface area (Å²) >= 11 is 6.10. The van der Waals surface area contributed by atoms with Crippen LogP contribution in [0, 0.1) is 0 Å². The quantitative estimate of drug-likeness (QED) is 0.530. The Morgan fingerprint density at radius 3 is 2.88 bits per heavy atom. The molecule has 0 saturated carbocycles. The minimum atomic E-state index is -0.652. The first-order chi connectivity index (χ1) is 11.5. The second-order valence-electron chi connectivity index (χ2n) is 5.90. The molecule has 0 amide bonds. The lowest BCUT2D eigenvalue weighted by molar-refractivity contribution is 0.398. The van der Waals surface area contributed by atoms with E-state index in [2.05, 4.69) is 15.3 Å². The first-order valence-electron chi connectivity index (χ1n) is 7.53. The van der Waals surface area contributed by atoms with E-state index in [1.54, 1.807) is 6.07 Å². The average molecular weight is 347 g/mol. The Labute approximate surface area is 140 Å². The molecule has 0 spiro atoms. The van der Waals surface area contributed by atoms with Crippen molar-refractivity contribution in [2.45, 2.75) is 12.5 Å². The summed E-state index contributed by atoms with van der Waals surface area (Å²) < 4.78 is 1.02. The lowest BCUT2D eigenvalue weighted by atomic mass is 9.95. The van der Waals surface area contributed by atoms with Crippen LogP contribution in [0.4, 0.5) is 0 Å². The summed E-state index contributed by atoms with van der Waals surface area (Å²) in [5.74, 6) is -0.342. The van der Waals surface area contributed by atoms with Gasteiger partial charge in [0.2, 0.25) is 5.88 Å². The lowest BCUT2D eigenvalue weighted by Gasteiger charge is -2.25. The number of aromatic hydroxyl groups is 1. The van der Waals surface area contributed by atoms with Gasteiger partial charge in [-0.25, -0.2) is 4.79 Å². The largest absolute Gasteiger partial charge is 0.494 e. The van der Waals surface area contributed by atoms with Gasteiger partial charge in [-0.2, -0.15) is 0 Å². The number of hydrogen-bond donors (Lipinski definition) is 4. The zero-order valence-corrected chi connectivity index (χ0v) is 13.6. The minimum absolute atomic E-state index is 0.121. The molecule has 0 fully saturated rings. The summed E-state index contributed by atoms with van der Waals surface area (Å²) in [4.78, 5) is 29.5. The molecule has 1 aliphatic rings. The van der Waals surface area contributed by atoms with Crippen LogP contribution >= 0.6 is 11.6 Å². The molecule has 3 heterocycles. The second-order valence-corrected chi connectivity index (χ2v) is 6.34. The van der Waals surface area contributed by atoms with Crippen LogP contribution in [0.25, 0.3) is 10.9 Å². The van der Waals surface area contributed by atoms with Crippen molar-refractivity contribution in [3.8, 4) is 5.88 Å². The predicted octanol–water partition coefficient (Wildman–Crippen LogP) is 1.15. The number of halogens is 1. The normalized spacial score (nSPS) is 17.2. The Hall–Kier alpha value is -2.51. The van der Waals surface area contributed by atoms with Gasteiger partial charge in [0.15, 0.2) is 0 Å². The summed E-state index contributed by atoms with van der Waals surface area (Å²) in [6.07, 6.45) is 0.774. The number of benzene rings is 1. The summed E-state index contributed by atoms with van der Waals surface area (Å²) in [5.41, 5.74) is 1.65. The van der Waals surface area contributed by atoms with Gasteiger partial charge in [0.1, 0.15) is 5.56 Å². The molecule has 7 nitrogen and oxygen atoms in total. The maximum atomic E-state index is 12.3. The van der Waals surface area contributed by atoms with E-state index in [-0.39, 0.29) is 11.4 Å². The second kappa shape index (κ2) is 5.25. The Bertz CT molecular complexity index is 1080. The first kappa shape index (κ1) is 15.0. The molecule has 2 aromatic heterocycles. The zero-order chi connectivity index (χ0) is 17.0. The zero-order valence-electron chi connectivity index (χ0n) is 12.8. The van der Waals surface area contributed by atoms with Gasteiger partial charge in [-0.15, -0.1) is 0 Å². The molecular weight excluding hydrogens is 332 g/mol. The maximum Gasteiger partial charge on any atom is 0.330 e. The summed E-state index contributed by atoms with van der Waals surface area (Å²) in [6.45, 7) is 0.638. The van der Waals surface area contributed by atoms with Crippen LogP contribution in [0.2, 0.25) is 5.02 Å². The maximum absolute atomic E-state index is 12.3. The van der Waals surface area contributed by atoms with Crippen LogP contribution in [0.3, 0.4) is 0 Å². The molecule has 1 aromatic carbocycles. The van der Waals surface area contributed by atoms with Gasteiger partial charge in [-0.1, -0.05) is 11.6 Å². The van der Waals surface area contributed by atoms with Crippen molar-refractivity contribution >= 4 is 22.5 Å². The number of fused-ring (bicyclic) bond motifs is 3. The van der Waals surface area contributed by atoms with E-state index in [0.29, 0.717) is 11.6 Å². The van der Waals surface area contributed by atoms with Crippen LogP contribution in [-0.2, 0) is 13.5 Å². The molecule has 1 aliphatic heterocycles. The van der Waals surface area contributed by atoms with Crippen LogP contribution in [-0.4, -0.2) is 26.2 Å². The van der Waals surface area contributed by atoms with Crippen LogP contribution in [0.5, 0.6) is 5.88 Å². The smallest absolute Gasteiger partial charge is 0.330 e. The monoisotopic (exact) mass is 346 g/mol. The van der Waals surface area contributed by atoms with Gasteiger partial charge >= 0.3 is 5.69 Å². The fraction of sp³-hybridized carbons (Fsp3) is 0.250. The molecular formula is C16H15ClN4O3. The lowest BCUT2D eigenvalue weighted by Crippen LogP contribution is -2.38. The Morgan fingerprint density at radius 1 is 1.29 bits per heavy atom. The third-order valence-electron chi connectivity index (χ3n) is 4.53. The van der Waals surface area contributed by atoms with Gasteiger partial charge < -0.3 is 15.4 Å². The number of H-pyrrole nitrogens is 2. The van der Waals surface area contributed by atoms with E-state index >= 15 is 0 Å². The van der Waals surface area contributed by atoms with Crippen molar-refractivity contribution in [3.05, 3.63) is 60.9 Å². The van der Waals surface area contributed by atoms with Crippen molar-refractivity contribution < 1.29 is 5.11 Å². The predicted molar refractivity (Wildman–Crippen MR) is 90.8 cm³/mol. The number of hydrogen-bond acceptors (Lipinski definition) is 4. The van der Waals surface area contributed by atoms with Crippen molar-refractivity contribution in [2.24, 2.45) is 7.05 Å². The summed E-state index contributed by atoms with van der Waals surface area (Å²) in [5, 5.41) is 15.2. The highest BCUT2D eigenvalue weighted by atomic mass is 35.5. The SMILES string of the molecule is Cn1c(O)c(C2NCCc3c2[nH]c2ccc(Cl)cc32)c(=O)[nH]c1=O. The molecule has 0 aliphatic carbocycles. The van der Waals surface area contributed by atoms with Crippen LogP contribution < -0.4 is 16.6 Å². The topological polar surface area (TPSA) is 103 Å². The molecule has 124 valence electrons. The van der Waals surface area contributed by atoms with E-state index in [1.807, 2.05) is 12.1 Å². The molecule has 24 heavy (non-hydrogen) atoms. The fourth-order valence-corrected chi connectivity index (χ4v) is 3.51. The van der Waals surface area contributed by atoms with E-state index in [1.165, 1.54) is 7.05 Å². The van der Waals surface area contributed by atoms with E-state index in [0.717, 1.165) is 33.1 Å². The highest BCUT2D eigenvalue weighted by Gasteiger charge is 2.30. The van der Waals surface area contributed by atoms with E-state index in [4.69, 9.17) is 11.6 Å².